The van der Waals surface area contributed by atoms with Gasteiger partial charge in [0.2, 0.25) is 0 Å². The largest absolute Gasteiger partial charge is 0.480 e. The van der Waals surface area contributed by atoms with Crippen molar-refractivity contribution in [3.8, 4) is 18.1 Å². The van der Waals surface area contributed by atoms with Crippen LogP contribution in [0.2, 0.25) is 0 Å². The van der Waals surface area contributed by atoms with Gasteiger partial charge in [0.15, 0.2) is 18.2 Å². The zero-order chi connectivity index (χ0) is 14.5. The number of ether oxygens (including phenoxy) is 2. The van der Waals surface area contributed by atoms with Gasteiger partial charge < -0.3 is 9.47 Å². The average molecular weight is 275 g/mol. The molecule has 1 aromatic rings. The molecule has 20 heavy (non-hydrogen) atoms. The Bertz CT molecular complexity index is 579. The molecule has 2 amide bonds. The van der Waals surface area contributed by atoms with Crippen molar-refractivity contribution in [2.75, 3.05) is 30.0 Å². The Kier molecular flexibility index (Phi) is 4.05. The summed E-state index contributed by atoms with van der Waals surface area (Å²) in [5, 5.41) is 2.45. The maximum atomic E-state index is 11.7. The monoisotopic (exact) mass is 275 g/mol. The zero-order valence-corrected chi connectivity index (χ0v) is 10.9. The van der Waals surface area contributed by atoms with Crippen molar-refractivity contribution in [3.63, 3.8) is 0 Å². The lowest BCUT2D eigenvalue weighted by Crippen LogP contribution is -2.39. The van der Waals surface area contributed by atoms with E-state index in [1.165, 1.54) is 4.90 Å². The molecule has 0 spiro atoms. The first-order valence-corrected chi connectivity index (χ1v) is 5.97. The fraction of sp³-hybridized carbons (Fsp3) is 0.308. The number of pyridine rings is 1. The molecule has 1 aliphatic rings. The summed E-state index contributed by atoms with van der Waals surface area (Å²) in [5.41, 5.74) is 0. The summed E-state index contributed by atoms with van der Waals surface area (Å²) in [6.45, 7) is 1.95. The second kappa shape index (κ2) is 5.93. The molecule has 1 N–H and O–H groups in total. The Labute approximate surface area is 115 Å². The van der Waals surface area contributed by atoms with Crippen LogP contribution in [0.1, 0.15) is 6.92 Å². The summed E-state index contributed by atoms with van der Waals surface area (Å²) in [7, 11) is 0. The molecule has 104 valence electrons. The van der Waals surface area contributed by atoms with E-state index in [2.05, 4.69) is 16.2 Å². The van der Waals surface area contributed by atoms with E-state index >= 15 is 0 Å². The van der Waals surface area contributed by atoms with Crippen molar-refractivity contribution in [1.29, 1.82) is 0 Å². The molecule has 0 bridgehead atoms. The van der Waals surface area contributed by atoms with E-state index in [4.69, 9.17) is 15.9 Å². The Morgan fingerprint density at radius 3 is 3.15 bits per heavy atom. The Morgan fingerprint density at radius 1 is 1.65 bits per heavy atom. The predicted octanol–water partition coefficient (Wildman–Crippen LogP) is 1.01. The minimum atomic E-state index is -0.619. The summed E-state index contributed by atoms with van der Waals surface area (Å²) >= 11 is 0. The number of nitrogens with one attached hydrogen (secondary N) is 1. The number of hydrogen-bond donors (Lipinski definition) is 1. The number of fused-ring (bicyclic) bond motifs is 1. The second-order valence-electron chi connectivity index (χ2n) is 3.84. The summed E-state index contributed by atoms with van der Waals surface area (Å²) in [6, 6.07) is 3.17. The minimum absolute atomic E-state index is 0.0823. The van der Waals surface area contributed by atoms with E-state index in [0.29, 0.717) is 5.75 Å². The number of carbonyl (C=O) groups excluding carboxylic acids is 2. The highest BCUT2D eigenvalue weighted by molar-refractivity contribution is 5.97. The number of nitrogens with zero attached hydrogens (tertiary/aromatic N) is 2. The molecule has 0 aromatic carbocycles. The van der Waals surface area contributed by atoms with Crippen LogP contribution in [0.5, 0.6) is 5.75 Å². The maximum Gasteiger partial charge on any atom is 0.412 e. The van der Waals surface area contributed by atoms with Gasteiger partial charge in [0.05, 0.1) is 13.2 Å². The van der Waals surface area contributed by atoms with Crippen LogP contribution in [-0.2, 0) is 9.53 Å². The molecule has 1 aliphatic heterocycles. The topological polar surface area (TPSA) is 80.8 Å². The average Bonchev–Trinajstić information content (AvgIpc) is 2.42. The molecule has 0 aliphatic carbocycles. The molecule has 0 radical (unpaired) electrons. The molecular formula is C13H13N3O4. The van der Waals surface area contributed by atoms with Crippen molar-refractivity contribution in [2.24, 2.45) is 0 Å². The Balaban J connectivity index is 2.26. The van der Waals surface area contributed by atoms with Crippen LogP contribution in [0.3, 0.4) is 0 Å². The molecule has 1 aromatic heterocycles. The highest BCUT2D eigenvalue weighted by Gasteiger charge is 2.26. The van der Waals surface area contributed by atoms with Gasteiger partial charge in [-0.1, -0.05) is 5.92 Å². The molecule has 0 saturated heterocycles. The first-order chi connectivity index (χ1) is 9.65. The molecule has 7 heteroatoms. The summed E-state index contributed by atoms with van der Waals surface area (Å²) in [5.74, 6) is 3.08. The van der Waals surface area contributed by atoms with Crippen molar-refractivity contribution in [3.05, 3.63) is 12.1 Å². The standard InChI is InChI=1S/C13H13N3O4/c1-3-7-16-11(17)8-20-9-5-6-10(14-12(9)16)15-13(18)19-4-2/h1,5-6H,4,7-8H2,2H3,(H,14,15,18). The second-order valence-corrected chi connectivity index (χ2v) is 3.84. The van der Waals surface area contributed by atoms with Gasteiger partial charge in [0.1, 0.15) is 5.82 Å². The van der Waals surface area contributed by atoms with Gasteiger partial charge in [-0.3, -0.25) is 15.0 Å². The molecule has 0 saturated carbocycles. The molecule has 0 atom stereocenters. The number of amides is 2. The SMILES string of the molecule is C#CCN1C(=O)COc2ccc(NC(=O)OCC)nc21. The van der Waals surface area contributed by atoms with E-state index in [-0.39, 0.29) is 37.3 Å². The Morgan fingerprint density at radius 2 is 2.45 bits per heavy atom. The number of hydrogen-bond acceptors (Lipinski definition) is 5. The van der Waals surface area contributed by atoms with Crippen LogP contribution in [0.25, 0.3) is 0 Å². The number of carbonyl (C=O) groups is 2. The lowest BCUT2D eigenvalue weighted by atomic mass is 10.3. The van der Waals surface area contributed by atoms with Gasteiger partial charge in [0, 0.05) is 0 Å². The number of rotatable bonds is 3. The van der Waals surface area contributed by atoms with Crippen LogP contribution in [0, 0.1) is 12.3 Å². The van der Waals surface area contributed by atoms with Crippen LogP contribution < -0.4 is 15.0 Å². The normalized spacial score (nSPS) is 13.0. The molecular weight excluding hydrogens is 262 g/mol. The highest BCUT2D eigenvalue weighted by Crippen LogP contribution is 2.31. The number of anilines is 2. The Hall–Kier alpha value is -2.75. The lowest BCUT2D eigenvalue weighted by Gasteiger charge is -2.26. The lowest BCUT2D eigenvalue weighted by molar-refractivity contribution is -0.121. The van der Waals surface area contributed by atoms with Gasteiger partial charge in [-0.25, -0.2) is 9.78 Å². The molecule has 0 unspecified atom stereocenters. The summed E-state index contributed by atoms with van der Waals surface area (Å²) < 4.78 is 10.0. The van der Waals surface area contributed by atoms with E-state index in [0.717, 1.165) is 0 Å². The minimum Gasteiger partial charge on any atom is -0.480 e. The van der Waals surface area contributed by atoms with Gasteiger partial charge in [0.25, 0.3) is 5.91 Å². The van der Waals surface area contributed by atoms with Crippen LogP contribution in [0.15, 0.2) is 12.1 Å². The zero-order valence-electron chi connectivity index (χ0n) is 10.9. The first kappa shape index (κ1) is 13.7. The summed E-state index contributed by atoms with van der Waals surface area (Å²) in [6.07, 6.45) is 4.62. The van der Waals surface area contributed by atoms with Crippen molar-refractivity contribution < 1.29 is 19.1 Å². The van der Waals surface area contributed by atoms with Crippen LogP contribution in [0.4, 0.5) is 16.4 Å². The van der Waals surface area contributed by atoms with E-state index in [1.807, 2.05) is 0 Å². The van der Waals surface area contributed by atoms with Gasteiger partial charge >= 0.3 is 6.09 Å². The number of aromatic nitrogens is 1. The maximum absolute atomic E-state index is 11.7. The first-order valence-electron chi connectivity index (χ1n) is 5.97. The highest BCUT2D eigenvalue weighted by atomic mass is 16.5. The van der Waals surface area contributed by atoms with Gasteiger partial charge in [-0.05, 0) is 19.1 Å². The van der Waals surface area contributed by atoms with E-state index < -0.39 is 6.09 Å². The molecule has 2 heterocycles. The quantitative estimate of drug-likeness (QED) is 0.833. The fourth-order valence-corrected chi connectivity index (χ4v) is 1.67. The smallest absolute Gasteiger partial charge is 0.412 e. The van der Waals surface area contributed by atoms with E-state index in [9.17, 15) is 9.59 Å². The van der Waals surface area contributed by atoms with Crippen molar-refractivity contribution in [1.82, 2.24) is 4.98 Å². The van der Waals surface area contributed by atoms with Crippen molar-refractivity contribution >= 4 is 23.6 Å². The van der Waals surface area contributed by atoms with Gasteiger partial charge in [-0.15, -0.1) is 6.42 Å². The third-order valence-electron chi connectivity index (χ3n) is 2.50. The van der Waals surface area contributed by atoms with Gasteiger partial charge in [-0.2, -0.15) is 0 Å². The fourth-order valence-electron chi connectivity index (χ4n) is 1.67. The molecule has 7 nitrogen and oxygen atoms in total. The summed E-state index contributed by atoms with van der Waals surface area (Å²) in [4.78, 5) is 28.6. The number of terminal acetylenes is 1. The van der Waals surface area contributed by atoms with E-state index in [1.54, 1.807) is 19.1 Å². The molecule has 2 rings (SSSR count). The molecule has 0 fully saturated rings. The third kappa shape index (κ3) is 2.80. The van der Waals surface area contributed by atoms with Crippen molar-refractivity contribution in [2.45, 2.75) is 6.92 Å². The van der Waals surface area contributed by atoms with Crippen LogP contribution in [-0.4, -0.2) is 36.7 Å². The third-order valence-corrected chi connectivity index (χ3v) is 2.50. The predicted molar refractivity (Wildman–Crippen MR) is 71.6 cm³/mol. The van der Waals surface area contributed by atoms with Crippen LogP contribution >= 0.6 is 0 Å².